The fourth-order valence-electron chi connectivity index (χ4n) is 2.16. The third-order valence-corrected chi connectivity index (χ3v) is 3.60. The Morgan fingerprint density at radius 1 is 1.12 bits per heavy atom. The van der Waals surface area contributed by atoms with E-state index in [0.29, 0.717) is 26.2 Å². The van der Waals surface area contributed by atoms with Gasteiger partial charge in [-0.3, -0.25) is 9.59 Å². The van der Waals surface area contributed by atoms with Crippen molar-refractivity contribution in [3.63, 3.8) is 0 Å². The smallest absolute Gasteiger partial charge is 0.306 e. The molecule has 0 radical (unpaired) electrons. The SMILES string of the molecule is CCCCC(Cc1ccc(C)cc1)C(=O)O.CCOCCOC(C)=O. The summed E-state index contributed by atoms with van der Waals surface area (Å²) >= 11 is 0. The summed E-state index contributed by atoms with van der Waals surface area (Å²) in [5, 5.41) is 9.12. The highest BCUT2D eigenvalue weighted by molar-refractivity contribution is 5.70. The van der Waals surface area contributed by atoms with Crippen LogP contribution in [0.3, 0.4) is 0 Å². The Labute approximate surface area is 151 Å². The Hall–Kier alpha value is -1.88. The van der Waals surface area contributed by atoms with Crippen LogP contribution >= 0.6 is 0 Å². The molecule has 5 heteroatoms. The zero-order valence-corrected chi connectivity index (χ0v) is 15.9. The molecule has 0 aliphatic heterocycles. The number of carboxylic acid groups (broad SMARTS) is 1. The Balaban J connectivity index is 0.000000547. The summed E-state index contributed by atoms with van der Waals surface area (Å²) in [6.45, 7) is 8.93. The van der Waals surface area contributed by atoms with Crippen LogP contribution in [0.2, 0.25) is 0 Å². The Morgan fingerprint density at radius 2 is 1.76 bits per heavy atom. The fraction of sp³-hybridized carbons (Fsp3) is 0.600. The van der Waals surface area contributed by atoms with Gasteiger partial charge >= 0.3 is 11.9 Å². The van der Waals surface area contributed by atoms with Crippen LogP contribution in [-0.2, 0) is 25.5 Å². The predicted molar refractivity (Wildman–Crippen MR) is 98.7 cm³/mol. The molecule has 1 rings (SSSR count). The average Bonchev–Trinajstić information content (AvgIpc) is 2.57. The summed E-state index contributed by atoms with van der Waals surface area (Å²) in [5.41, 5.74) is 2.33. The van der Waals surface area contributed by atoms with Gasteiger partial charge in [0.15, 0.2) is 0 Å². The number of hydrogen-bond acceptors (Lipinski definition) is 4. The molecule has 0 aliphatic rings. The van der Waals surface area contributed by atoms with Crippen molar-refractivity contribution in [2.45, 2.75) is 53.4 Å². The van der Waals surface area contributed by atoms with Crippen molar-refractivity contribution in [1.82, 2.24) is 0 Å². The lowest BCUT2D eigenvalue weighted by molar-refractivity contribution is -0.143. The summed E-state index contributed by atoms with van der Waals surface area (Å²) in [5.74, 6) is -1.16. The summed E-state index contributed by atoms with van der Waals surface area (Å²) in [6, 6.07) is 8.12. The quantitative estimate of drug-likeness (QED) is 0.509. The molecule has 1 unspecified atom stereocenters. The van der Waals surface area contributed by atoms with Gasteiger partial charge in [-0.2, -0.15) is 0 Å². The second-order valence-corrected chi connectivity index (χ2v) is 5.90. The number of carbonyl (C=O) groups is 2. The molecule has 5 nitrogen and oxygen atoms in total. The van der Waals surface area contributed by atoms with Crippen LogP contribution in [0.25, 0.3) is 0 Å². The molecule has 0 bridgehead atoms. The molecule has 0 spiro atoms. The number of carbonyl (C=O) groups excluding carboxylic acids is 1. The van der Waals surface area contributed by atoms with E-state index in [9.17, 15) is 9.59 Å². The molecule has 1 N–H and O–H groups in total. The van der Waals surface area contributed by atoms with E-state index in [0.717, 1.165) is 24.8 Å². The first kappa shape index (κ1) is 23.1. The van der Waals surface area contributed by atoms with E-state index in [4.69, 9.17) is 9.84 Å². The number of rotatable bonds is 10. The van der Waals surface area contributed by atoms with Crippen LogP contribution in [0.1, 0.15) is 51.2 Å². The van der Waals surface area contributed by atoms with Crippen molar-refractivity contribution < 1.29 is 24.2 Å². The van der Waals surface area contributed by atoms with E-state index in [-0.39, 0.29) is 11.9 Å². The summed E-state index contributed by atoms with van der Waals surface area (Å²) in [4.78, 5) is 21.2. The van der Waals surface area contributed by atoms with Gasteiger partial charge in [-0.1, -0.05) is 49.6 Å². The minimum Gasteiger partial charge on any atom is -0.481 e. The van der Waals surface area contributed by atoms with Crippen molar-refractivity contribution in [2.75, 3.05) is 19.8 Å². The number of hydrogen-bond donors (Lipinski definition) is 1. The van der Waals surface area contributed by atoms with E-state index in [2.05, 4.69) is 11.7 Å². The first-order valence-electron chi connectivity index (χ1n) is 8.90. The van der Waals surface area contributed by atoms with Gasteiger partial charge in [0.2, 0.25) is 0 Å². The van der Waals surface area contributed by atoms with Crippen LogP contribution in [0.15, 0.2) is 24.3 Å². The largest absolute Gasteiger partial charge is 0.481 e. The third kappa shape index (κ3) is 13.1. The Morgan fingerprint density at radius 3 is 2.24 bits per heavy atom. The number of carboxylic acids is 1. The molecule has 0 saturated carbocycles. The van der Waals surface area contributed by atoms with Crippen LogP contribution in [0.4, 0.5) is 0 Å². The van der Waals surface area contributed by atoms with Crippen molar-refractivity contribution >= 4 is 11.9 Å². The van der Waals surface area contributed by atoms with Gasteiger partial charge in [-0.25, -0.2) is 0 Å². The zero-order chi connectivity index (χ0) is 19.1. The van der Waals surface area contributed by atoms with Crippen molar-refractivity contribution in [2.24, 2.45) is 5.92 Å². The molecular weight excluding hydrogens is 320 g/mol. The van der Waals surface area contributed by atoms with Gasteiger partial charge in [0.25, 0.3) is 0 Å². The molecule has 0 aliphatic carbocycles. The predicted octanol–water partition coefficient (Wildman–Crippen LogP) is 4.01. The molecular formula is C20H32O5. The monoisotopic (exact) mass is 352 g/mol. The van der Waals surface area contributed by atoms with E-state index < -0.39 is 5.97 Å². The van der Waals surface area contributed by atoms with Gasteiger partial charge in [0.05, 0.1) is 12.5 Å². The molecule has 1 atom stereocenters. The second-order valence-electron chi connectivity index (χ2n) is 5.90. The number of ether oxygens (including phenoxy) is 2. The average molecular weight is 352 g/mol. The van der Waals surface area contributed by atoms with Crippen LogP contribution in [0, 0.1) is 12.8 Å². The van der Waals surface area contributed by atoms with Gasteiger partial charge in [0, 0.05) is 13.5 Å². The first-order chi connectivity index (χ1) is 11.9. The third-order valence-electron chi connectivity index (χ3n) is 3.60. The molecule has 0 aromatic heterocycles. The first-order valence-corrected chi connectivity index (χ1v) is 8.90. The maximum absolute atomic E-state index is 11.1. The highest BCUT2D eigenvalue weighted by Gasteiger charge is 2.16. The summed E-state index contributed by atoms with van der Waals surface area (Å²) in [7, 11) is 0. The maximum atomic E-state index is 11.1. The van der Waals surface area contributed by atoms with Crippen molar-refractivity contribution in [3.8, 4) is 0 Å². The zero-order valence-electron chi connectivity index (χ0n) is 15.9. The van der Waals surface area contributed by atoms with E-state index in [1.807, 2.05) is 38.1 Å². The van der Waals surface area contributed by atoms with E-state index >= 15 is 0 Å². The Kier molecular flexibility index (Phi) is 13.4. The minimum absolute atomic E-state index is 0.234. The van der Waals surface area contributed by atoms with Gasteiger partial charge in [-0.15, -0.1) is 0 Å². The lowest BCUT2D eigenvalue weighted by Crippen LogP contribution is -2.16. The number of esters is 1. The normalized spacial score (nSPS) is 11.2. The fourth-order valence-corrected chi connectivity index (χ4v) is 2.16. The van der Waals surface area contributed by atoms with Gasteiger partial charge in [-0.05, 0) is 32.3 Å². The lowest BCUT2D eigenvalue weighted by atomic mass is 9.94. The molecule has 1 aromatic rings. The minimum atomic E-state index is -0.672. The number of unbranched alkanes of at least 4 members (excludes halogenated alkanes) is 1. The summed E-state index contributed by atoms with van der Waals surface area (Å²) in [6.07, 6.45) is 3.47. The van der Waals surface area contributed by atoms with Crippen molar-refractivity contribution in [1.29, 1.82) is 0 Å². The molecule has 1 aromatic carbocycles. The molecule has 0 saturated heterocycles. The van der Waals surface area contributed by atoms with Crippen LogP contribution < -0.4 is 0 Å². The topological polar surface area (TPSA) is 72.8 Å². The number of aliphatic carboxylic acids is 1. The lowest BCUT2D eigenvalue weighted by Gasteiger charge is -2.11. The van der Waals surface area contributed by atoms with E-state index in [1.54, 1.807) is 0 Å². The van der Waals surface area contributed by atoms with Crippen molar-refractivity contribution in [3.05, 3.63) is 35.4 Å². The van der Waals surface area contributed by atoms with Crippen LogP contribution in [-0.4, -0.2) is 36.9 Å². The van der Waals surface area contributed by atoms with Gasteiger partial charge < -0.3 is 14.6 Å². The molecule has 0 amide bonds. The molecule has 0 heterocycles. The molecule has 0 fully saturated rings. The summed E-state index contributed by atoms with van der Waals surface area (Å²) < 4.78 is 9.49. The molecule has 25 heavy (non-hydrogen) atoms. The van der Waals surface area contributed by atoms with Crippen LogP contribution in [0.5, 0.6) is 0 Å². The standard InChI is InChI=1S/C14H20O2.C6H12O3/c1-3-4-5-13(14(15)16)10-12-8-6-11(2)7-9-12;1-3-8-4-5-9-6(2)7/h6-9,13H,3-5,10H2,1-2H3,(H,15,16);3-5H2,1-2H3. The molecule has 142 valence electrons. The second kappa shape index (κ2) is 14.5. The highest BCUT2D eigenvalue weighted by atomic mass is 16.6. The van der Waals surface area contributed by atoms with Gasteiger partial charge in [0.1, 0.15) is 6.61 Å². The van der Waals surface area contributed by atoms with E-state index in [1.165, 1.54) is 12.5 Å². The Bertz CT molecular complexity index is 481. The number of aryl methyl sites for hydroxylation is 1. The maximum Gasteiger partial charge on any atom is 0.306 e. The highest BCUT2D eigenvalue weighted by Crippen LogP contribution is 2.16. The number of benzene rings is 1.